The van der Waals surface area contributed by atoms with E-state index >= 15 is 0 Å². The van der Waals surface area contributed by atoms with Gasteiger partial charge < -0.3 is 14.6 Å². The van der Waals surface area contributed by atoms with Crippen LogP contribution in [0.4, 0.5) is 0 Å². The molecule has 1 N–H and O–H groups in total. The quantitative estimate of drug-likeness (QED) is 0.666. The van der Waals surface area contributed by atoms with Crippen molar-refractivity contribution in [2.45, 2.75) is 6.54 Å². The monoisotopic (exact) mass is 282 g/mol. The van der Waals surface area contributed by atoms with E-state index in [1.165, 1.54) is 11.6 Å². The summed E-state index contributed by atoms with van der Waals surface area (Å²) in [5, 5.41) is 3.25. The summed E-state index contributed by atoms with van der Waals surface area (Å²) < 4.78 is 7.86. The molecular weight excluding hydrogens is 260 g/mol. The van der Waals surface area contributed by atoms with Gasteiger partial charge in [-0.1, -0.05) is 0 Å². The molecule has 0 aromatic carbocycles. The molecule has 1 fully saturated rings. The zero-order valence-corrected chi connectivity index (χ0v) is 12.1. The van der Waals surface area contributed by atoms with Gasteiger partial charge in [0.2, 0.25) is 0 Å². The lowest BCUT2D eigenvalue weighted by atomic mass is 10.3. The van der Waals surface area contributed by atoms with Gasteiger partial charge in [-0.15, -0.1) is 0 Å². The van der Waals surface area contributed by atoms with E-state index in [9.17, 15) is 9.59 Å². The second kappa shape index (κ2) is 6.83. The lowest BCUT2D eigenvalue weighted by Gasteiger charge is -2.26. The SMILES string of the molecule is Cn1cc(CNCCN2CCOCC2)c(=O)n(C)c1=O. The second-order valence-corrected chi connectivity index (χ2v) is 5.04. The van der Waals surface area contributed by atoms with Crippen molar-refractivity contribution in [1.82, 2.24) is 19.4 Å². The Bertz CT molecular complexity index is 558. The van der Waals surface area contributed by atoms with Crippen molar-refractivity contribution < 1.29 is 4.74 Å². The fourth-order valence-electron chi connectivity index (χ4n) is 2.29. The number of aromatic nitrogens is 2. The maximum Gasteiger partial charge on any atom is 0.330 e. The molecule has 0 amide bonds. The minimum Gasteiger partial charge on any atom is -0.379 e. The van der Waals surface area contributed by atoms with Crippen molar-refractivity contribution in [1.29, 1.82) is 0 Å². The minimum atomic E-state index is -0.299. The summed E-state index contributed by atoms with van der Waals surface area (Å²) in [6.07, 6.45) is 1.60. The van der Waals surface area contributed by atoms with Crippen molar-refractivity contribution in [2.75, 3.05) is 39.4 Å². The third-order valence-corrected chi connectivity index (χ3v) is 3.54. The van der Waals surface area contributed by atoms with Crippen molar-refractivity contribution in [3.63, 3.8) is 0 Å². The molecule has 7 nitrogen and oxygen atoms in total. The van der Waals surface area contributed by atoms with E-state index in [0.29, 0.717) is 12.1 Å². The standard InChI is InChI=1S/C13H22N4O3/c1-15-10-11(12(18)16(2)13(15)19)9-14-3-4-17-5-7-20-8-6-17/h10,14H,3-9H2,1-2H3. The summed E-state index contributed by atoms with van der Waals surface area (Å²) in [5.41, 5.74) is 0.0793. The lowest BCUT2D eigenvalue weighted by molar-refractivity contribution is 0.0384. The normalized spacial score (nSPS) is 16.5. The number of hydrogen-bond donors (Lipinski definition) is 1. The van der Waals surface area contributed by atoms with Crippen LogP contribution in [0.15, 0.2) is 15.8 Å². The molecule has 0 atom stereocenters. The fourth-order valence-corrected chi connectivity index (χ4v) is 2.29. The lowest BCUT2D eigenvalue weighted by Crippen LogP contribution is -2.42. The average Bonchev–Trinajstić information content (AvgIpc) is 2.47. The predicted octanol–water partition coefficient (Wildman–Crippen LogP) is -1.49. The van der Waals surface area contributed by atoms with Crippen molar-refractivity contribution in [3.05, 3.63) is 32.6 Å². The van der Waals surface area contributed by atoms with Crippen LogP contribution in [0, 0.1) is 0 Å². The van der Waals surface area contributed by atoms with Crippen LogP contribution in [-0.4, -0.2) is 53.4 Å². The molecule has 0 radical (unpaired) electrons. The van der Waals surface area contributed by atoms with Gasteiger partial charge in [-0.25, -0.2) is 4.79 Å². The Morgan fingerprint density at radius 1 is 1.25 bits per heavy atom. The molecule has 0 saturated carbocycles. The van der Waals surface area contributed by atoms with E-state index in [1.54, 1.807) is 13.2 Å². The molecule has 0 aliphatic carbocycles. The molecule has 20 heavy (non-hydrogen) atoms. The van der Waals surface area contributed by atoms with Gasteiger partial charge in [0.15, 0.2) is 0 Å². The van der Waals surface area contributed by atoms with E-state index in [4.69, 9.17) is 4.74 Å². The first-order valence-corrected chi connectivity index (χ1v) is 6.86. The topological polar surface area (TPSA) is 68.5 Å². The van der Waals surface area contributed by atoms with Crippen molar-refractivity contribution in [2.24, 2.45) is 14.1 Å². The fraction of sp³-hybridized carbons (Fsp3) is 0.692. The number of morpholine rings is 1. The summed E-state index contributed by atoms with van der Waals surface area (Å²) in [4.78, 5) is 25.8. The highest BCUT2D eigenvalue weighted by atomic mass is 16.5. The number of ether oxygens (including phenoxy) is 1. The summed E-state index contributed by atoms with van der Waals surface area (Å²) in [6.45, 7) is 5.74. The van der Waals surface area contributed by atoms with Crippen molar-refractivity contribution >= 4 is 0 Å². The first-order valence-electron chi connectivity index (χ1n) is 6.86. The number of aryl methyl sites for hydroxylation is 1. The maximum atomic E-state index is 11.9. The van der Waals surface area contributed by atoms with E-state index in [-0.39, 0.29) is 11.2 Å². The molecule has 2 rings (SSSR count). The zero-order valence-electron chi connectivity index (χ0n) is 12.1. The number of nitrogens with zero attached hydrogens (tertiary/aromatic N) is 3. The molecule has 2 heterocycles. The molecule has 0 spiro atoms. The van der Waals surface area contributed by atoms with Crippen molar-refractivity contribution in [3.8, 4) is 0 Å². The van der Waals surface area contributed by atoms with Crippen LogP contribution in [-0.2, 0) is 25.4 Å². The van der Waals surface area contributed by atoms with Crippen LogP contribution in [0.3, 0.4) is 0 Å². The van der Waals surface area contributed by atoms with Crippen LogP contribution in [0.1, 0.15) is 5.56 Å². The van der Waals surface area contributed by atoms with Gasteiger partial charge >= 0.3 is 5.69 Å². The highest BCUT2D eigenvalue weighted by molar-refractivity contribution is 5.05. The molecule has 1 aliphatic rings. The molecule has 0 unspecified atom stereocenters. The number of hydrogen-bond acceptors (Lipinski definition) is 5. The van der Waals surface area contributed by atoms with Gasteiger partial charge in [0.1, 0.15) is 0 Å². The van der Waals surface area contributed by atoms with Crippen LogP contribution in [0.25, 0.3) is 0 Å². The van der Waals surface area contributed by atoms with E-state index in [0.717, 1.165) is 44.0 Å². The average molecular weight is 282 g/mol. The highest BCUT2D eigenvalue weighted by Crippen LogP contribution is 1.95. The molecular formula is C13H22N4O3. The molecule has 7 heteroatoms. The van der Waals surface area contributed by atoms with Gasteiger partial charge in [-0.2, -0.15) is 0 Å². The smallest absolute Gasteiger partial charge is 0.330 e. The molecule has 112 valence electrons. The molecule has 1 aliphatic heterocycles. The number of nitrogens with one attached hydrogen (secondary N) is 1. The van der Waals surface area contributed by atoms with Gasteiger partial charge in [0.05, 0.1) is 13.2 Å². The first-order chi connectivity index (χ1) is 9.59. The van der Waals surface area contributed by atoms with Gasteiger partial charge in [0.25, 0.3) is 5.56 Å². The van der Waals surface area contributed by atoms with E-state index in [2.05, 4.69) is 10.2 Å². The van der Waals surface area contributed by atoms with Crippen LogP contribution in [0.2, 0.25) is 0 Å². The molecule has 1 saturated heterocycles. The summed E-state index contributed by atoms with van der Waals surface area (Å²) in [7, 11) is 3.15. The van der Waals surface area contributed by atoms with Gasteiger partial charge in [0, 0.05) is 58.6 Å². The van der Waals surface area contributed by atoms with Crippen LogP contribution >= 0.6 is 0 Å². The van der Waals surface area contributed by atoms with Crippen LogP contribution in [0.5, 0.6) is 0 Å². The van der Waals surface area contributed by atoms with E-state index in [1.807, 2.05) is 0 Å². The number of rotatable bonds is 5. The van der Waals surface area contributed by atoms with Gasteiger partial charge in [-0.05, 0) is 0 Å². The highest BCUT2D eigenvalue weighted by Gasteiger charge is 2.10. The molecule has 0 bridgehead atoms. The Morgan fingerprint density at radius 2 is 1.95 bits per heavy atom. The second-order valence-electron chi connectivity index (χ2n) is 5.04. The Balaban J connectivity index is 1.85. The third-order valence-electron chi connectivity index (χ3n) is 3.54. The molecule has 1 aromatic heterocycles. The molecule has 1 aromatic rings. The minimum absolute atomic E-state index is 0.230. The maximum absolute atomic E-state index is 11.9. The first kappa shape index (κ1) is 15.0. The van der Waals surface area contributed by atoms with E-state index < -0.39 is 0 Å². The summed E-state index contributed by atoms with van der Waals surface area (Å²) in [6, 6.07) is 0. The Hall–Kier alpha value is -1.44. The summed E-state index contributed by atoms with van der Waals surface area (Å²) >= 11 is 0. The Kier molecular flexibility index (Phi) is 5.11. The third kappa shape index (κ3) is 3.56. The van der Waals surface area contributed by atoms with Crippen LogP contribution < -0.4 is 16.6 Å². The Morgan fingerprint density at radius 3 is 2.65 bits per heavy atom. The Labute approximate surface area is 117 Å². The predicted molar refractivity (Wildman–Crippen MR) is 75.9 cm³/mol. The largest absolute Gasteiger partial charge is 0.379 e. The zero-order chi connectivity index (χ0) is 14.5. The summed E-state index contributed by atoms with van der Waals surface area (Å²) in [5.74, 6) is 0. The van der Waals surface area contributed by atoms with Gasteiger partial charge in [-0.3, -0.25) is 14.3 Å².